The Hall–Kier alpha value is -4.07. The molecule has 10 heteroatoms. The average molecular weight is 590 g/mol. The lowest BCUT2D eigenvalue weighted by Gasteiger charge is -2.29. The minimum Gasteiger partial charge on any atom is -0.493 e. The molecule has 9 nitrogen and oxygen atoms in total. The minimum atomic E-state index is -0.357. The molecule has 1 fully saturated rings. The van der Waals surface area contributed by atoms with Crippen molar-refractivity contribution in [2.24, 2.45) is 0 Å². The molecule has 0 spiro atoms. The lowest BCUT2D eigenvalue weighted by atomic mass is 10.1. The van der Waals surface area contributed by atoms with Gasteiger partial charge in [0.2, 0.25) is 5.91 Å². The Morgan fingerprint density at radius 1 is 1.02 bits per heavy atom. The van der Waals surface area contributed by atoms with Crippen LogP contribution < -0.4 is 14.8 Å². The molecule has 1 aromatic heterocycles. The molecule has 222 valence electrons. The number of ether oxygens (including phenoxy) is 2. The Morgan fingerprint density at radius 2 is 1.81 bits per heavy atom. The van der Waals surface area contributed by atoms with Gasteiger partial charge in [0.05, 0.1) is 32.4 Å². The maximum Gasteiger partial charge on any atom is 0.322 e. The second kappa shape index (κ2) is 15.2. The van der Waals surface area contributed by atoms with Gasteiger partial charge in [-0.2, -0.15) is 5.26 Å². The highest BCUT2D eigenvalue weighted by Gasteiger charge is 2.24. The highest BCUT2D eigenvalue weighted by molar-refractivity contribution is 7.10. The average Bonchev–Trinajstić information content (AvgIpc) is 3.68. The molecule has 2 aromatic carbocycles. The Kier molecular flexibility index (Phi) is 11.2. The standard InChI is InChI=1S/C32H39N5O4S/c1-24-12-18-42-30(24)22-36(15-11-25-9-10-28(40-2)29(20-25)41-3)31(38)23-37(17-16-35-13-4-5-14-35)32(39)34-27-8-6-7-26(19-27)21-33/h6-10,12,18-20H,4-5,11,13-17,22-23H2,1-3H3,(H,34,39). The van der Waals surface area contributed by atoms with Gasteiger partial charge in [0.15, 0.2) is 11.5 Å². The van der Waals surface area contributed by atoms with Gasteiger partial charge in [0.25, 0.3) is 0 Å². The molecule has 0 bridgehead atoms. The van der Waals surface area contributed by atoms with Crippen LogP contribution in [-0.2, 0) is 17.8 Å². The summed E-state index contributed by atoms with van der Waals surface area (Å²) in [7, 11) is 3.21. The predicted molar refractivity (Wildman–Crippen MR) is 165 cm³/mol. The number of carbonyl (C=O) groups excluding carboxylic acids is 2. The van der Waals surface area contributed by atoms with Crippen molar-refractivity contribution in [1.29, 1.82) is 5.26 Å². The SMILES string of the molecule is COc1ccc(CCN(Cc2sccc2C)C(=O)CN(CCN2CCCC2)C(=O)Nc2cccc(C#N)c2)cc1OC. The van der Waals surface area contributed by atoms with Crippen LogP contribution in [0.1, 0.15) is 34.4 Å². The molecule has 1 N–H and O–H groups in total. The van der Waals surface area contributed by atoms with Crippen molar-refractivity contribution in [2.45, 2.75) is 32.7 Å². The molecule has 1 aliphatic heterocycles. The third-order valence-electron chi connectivity index (χ3n) is 7.51. The molecule has 0 atom stereocenters. The summed E-state index contributed by atoms with van der Waals surface area (Å²) >= 11 is 1.63. The number of aryl methyl sites for hydroxylation is 1. The summed E-state index contributed by atoms with van der Waals surface area (Å²) in [4.78, 5) is 34.2. The third kappa shape index (κ3) is 8.47. The van der Waals surface area contributed by atoms with Crippen LogP contribution in [0.2, 0.25) is 0 Å². The number of nitrogens with zero attached hydrogens (tertiary/aromatic N) is 4. The number of benzene rings is 2. The van der Waals surface area contributed by atoms with Crippen LogP contribution in [0.4, 0.5) is 10.5 Å². The lowest BCUT2D eigenvalue weighted by molar-refractivity contribution is -0.132. The van der Waals surface area contributed by atoms with Gasteiger partial charge in [-0.25, -0.2) is 4.79 Å². The van der Waals surface area contributed by atoms with Crippen molar-refractivity contribution in [1.82, 2.24) is 14.7 Å². The lowest BCUT2D eigenvalue weighted by Crippen LogP contribution is -2.47. The Labute approximate surface area is 252 Å². The summed E-state index contributed by atoms with van der Waals surface area (Å²) in [5.41, 5.74) is 3.15. The minimum absolute atomic E-state index is 0.0476. The van der Waals surface area contributed by atoms with Gasteiger partial charge >= 0.3 is 6.03 Å². The summed E-state index contributed by atoms with van der Waals surface area (Å²) in [6.45, 7) is 6.10. The highest BCUT2D eigenvalue weighted by Crippen LogP contribution is 2.28. The van der Waals surface area contributed by atoms with Crippen LogP contribution in [-0.4, -0.2) is 80.1 Å². The maximum absolute atomic E-state index is 13.9. The van der Waals surface area contributed by atoms with E-state index < -0.39 is 0 Å². The zero-order valence-electron chi connectivity index (χ0n) is 24.6. The second-order valence-corrected chi connectivity index (χ2v) is 11.4. The number of rotatable bonds is 13. The van der Waals surface area contributed by atoms with Crippen LogP contribution in [0.25, 0.3) is 0 Å². The van der Waals surface area contributed by atoms with Gasteiger partial charge in [0, 0.05) is 30.2 Å². The number of hydrogen-bond acceptors (Lipinski definition) is 7. The van der Waals surface area contributed by atoms with E-state index in [1.165, 1.54) is 0 Å². The number of methoxy groups -OCH3 is 2. The van der Waals surface area contributed by atoms with Crippen molar-refractivity contribution < 1.29 is 19.1 Å². The highest BCUT2D eigenvalue weighted by atomic mass is 32.1. The summed E-state index contributed by atoms with van der Waals surface area (Å²) in [5.74, 6) is 1.18. The van der Waals surface area contributed by atoms with E-state index in [9.17, 15) is 14.9 Å². The first-order chi connectivity index (χ1) is 20.4. The monoisotopic (exact) mass is 589 g/mol. The van der Waals surface area contributed by atoms with E-state index in [0.717, 1.165) is 41.9 Å². The van der Waals surface area contributed by atoms with Gasteiger partial charge in [-0.3, -0.25) is 4.79 Å². The van der Waals surface area contributed by atoms with Gasteiger partial charge in [-0.15, -0.1) is 11.3 Å². The molecule has 2 heterocycles. The topological polar surface area (TPSA) is 98.1 Å². The molecule has 0 saturated carbocycles. The zero-order valence-corrected chi connectivity index (χ0v) is 25.4. The Balaban J connectivity index is 1.51. The Bertz CT molecular complexity index is 1400. The summed E-state index contributed by atoms with van der Waals surface area (Å²) in [5, 5.41) is 14.2. The van der Waals surface area contributed by atoms with Crippen molar-refractivity contribution in [3.05, 3.63) is 75.5 Å². The van der Waals surface area contributed by atoms with E-state index in [1.807, 2.05) is 35.4 Å². The maximum atomic E-state index is 13.9. The van der Waals surface area contributed by atoms with Crippen LogP contribution in [0.5, 0.6) is 11.5 Å². The molecule has 1 saturated heterocycles. The van der Waals surface area contributed by atoms with Crippen molar-refractivity contribution in [2.75, 3.05) is 58.8 Å². The largest absolute Gasteiger partial charge is 0.493 e. The molecule has 0 radical (unpaired) electrons. The van der Waals surface area contributed by atoms with Gasteiger partial charge < -0.3 is 29.5 Å². The van der Waals surface area contributed by atoms with Crippen molar-refractivity contribution >= 4 is 29.0 Å². The number of urea groups is 1. The first-order valence-corrected chi connectivity index (χ1v) is 15.1. The van der Waals surface area contributed by atoms with Crippen molar-refractivity contribution in [3.8, 4) is 17.6 Å². The number of thiophene rings is 1. The number of amides is 3. The van der Waals surface area contributed by atoms with E-state index in [2.05, 4.69) is 22.4 Å². The Morgan fingerprint density at radius 3 is 2.50 bits per heavy atom. The number of carbonyl (C=O) groups is 2. The first kappa shape index (κ1) is 30.9. The molecule has 3 amide bonds. The van der Waals surface area contributed by atoms with Crippen LogP contribution in [0.3, 0.4) is 0 Å². The molecular formula is C32H39N5O4S. The first-order valence-electron chi connectivity index (χ1n) is 14.2. The number of hydrogen-bond donors (Lipinski definition) is 1. The fraction of sp³-hybridized carbons (Fsp3) is 0.406. The van der Waals surface area contributed by atoms with Gasteiger partial charge in [-0.05, 0) is 92.2 Å². The number of likely N-dealkylation sites (tertiary alicyclic amines) is 1. The number of nitrogens with one attached hydrogen (secondary N) is 1. The van der Waals surface area contributed by atoms with E-state index in [4.69, 9.17) is 9.47 Å². The summed E-state index contributed by atoms with van der Waals surface area (Å²) in [6, 6.07) is 16.4. The van der Waals surface area contributed by atoms with E-state index in [-0.39, 0.29) is 18.5 Å². The predicted octanol–water partition coefficient (Wildman–Crippen LogP) is 5.15. The quantitative estimate of drug-likeness (QED) is 0.296. The molecule has 0 unspecified atom stereocenters. The number of nitriles is 1. The molecule has 4 rings (SSSR count). The molecular weight excluding hydrogens is 550 g/mol. The summed E-state index contributed by atoms with van der Waals surface area (Å²) < 4.78 is 10.8. The number of anilines is 1. The fourth-order valence-corrected chi connectivity index (χ4v) is 5.91. The van der Waals surface area contributed by atoms with E-state index in [0.29, 0.717) is 55.3 Å². The van der Waals surface area contributed by atoms with Gasteiger partial charge in [-0.1, -0.05) is 12.1 Å². The molecule has 3 aromatic rings. The molecule has 0 aliphatic carbocycles. The summed E-state index contributed by atoms with van der Waals surface area (Å²) in [6.07, 6.45) is 2.92. The van der Waals surface area contributed by atoms with Crippen LogP contribution in [0.15, 0.2) is 53.9 Å². The van der Waals surface area contributed by atoms with E-state index >= 15 is 0 Å². The zero-order chi connectivity index (χ0) is 29.9. The smallest absolute Gasteiger partial charge is 0.322 e. The fourth-order valence-electron chi connectivity index (χ4n) is 4.98. The molecule has 42 heavy (non-hydrogen) atoms. The van der Waals surface area contributed by atoms with Crippen LogP contribution >= 0.6 is 11.3 Å². The normalized spacial score (nSPS) is 12.9. The molecule has 1 aliphatic rings. The third-order valence-corrected chi connectivity index (χ3v) is 8.52. The van der Waals surface area contributed by atoms with E-state index in [1.54, 1.807) is 54.7 Å². The van der Waals surface area contributed by atoms with Crippen LogP contribution in [0, 0.1) is 18.3 Å². The van der Waals surface area contributed by atoms with Gasteiger partial charge in [0.1, 0.15) is 6.54 Å². The van der Waals surface area contributed by atoms with Crippen molar-refractivity contribution in [3.63, 3.8) is 0 Å². The second-order valence-electron chi connectivity index (χ2n) is 10.4.